The summed E-state index contributed by atoms with van der Waals surface area (Å²) in [6.07, 6.45) is 6.65. The number of hydrogen-bond acceptors (Lipinski definition) is 6. The highest BCUT2D eigenvalue weighted by Crippen LogP contribution is 2.36. The molecule has 3 atom stereocenters. The van der Waals surface area contributed by atoms with E-state index >= 15 is 0 Å². The molecule has 3 heterocycles. The van der Waals surface area contributed by atoms with Gasteiger partial charge in [0.15, 0.2) is 5.82 Å². The molecule has 0 aliphatic carbocycles. The summed E-state index contributed by atoms with van der Waals surface area (Å²) in [6, 6.07) is 0. The van der Waals surface area contributed by atoms with Crippen molar-refractivity contribution in [1.82, 2.24) is 17.6 Å². The van der Waals surface area contributed by atoms with Crippen molar-refractivity contribution in [2.24, 2.45) is 4.99 Å². The fourth-order valence-corrected chi connectivity index (χ4v) is 3.79. The molecule has 140 valence electrons. The van der Waals surface area contributed by atoms with Gasteiger partial charge in [0.25, 0.3) is 0 Å². The number of rotatable bonds is 7. The van der Waals surface area contributed by atoms with Gasteiger partial charge in [0, 0.05) is 23.2 Å². The summed E-state index contributed by atoms with van der Waals surface area (Å²) < 4.78 is 16.5. The third-order valence-corrected chi connectivity index (χ3v) is 5.05. The lowest BCUT2D eigenvalue weighted by Crippen LogP contribution is -2.27. The van der Waals surface area contributed by atoms with Gasteiger partial charge in [0.2, 0.25) is 0 Å². The molecule has 0 aromatic carbocycles. The van der Waals surface area contributed by atoms with Crippen LogP contribution in [0.3, 0.4) is 0 Å². The van der Waals surface area contributed by atoms with E-state index in [1.54, 1.807) is 12.4 Å². The zero-order valence-corrected chi connectivity index (χ0v) is 18.4. The SMILES string of the molecule is C=CCOC1CC(n2cc(I)c3c(N=CN(C)I)ncnc32)OC1CO. The highest BCUT2D eigenvalue weighted by Gasteiger charge is 2.37. The third kappa shape index (κ3) is 4.18. The van der Waals surface area contributed by atoms with Crippen molar-refractivity contribution in [3.63, 3.8) is 0 Å². The van der Waals surface area contributed by atoms with Gasteiger partial charge < -0.3 is 22.3 Å². The van der Waals surface area contributed by atoms with E-state index in [4.69, 9.17) is 9.47 Å². The predicted octanol–water partition coefficient (Wildman–Crippen LogP) is 2.83. The number of aliphatic imine (C=N–C) groups is 1. The van der Waals surface area contributed by atoms with Crippen molar-refractivity contribution in [3.8, 4) is 0 Å². The Morgan fingerprint density at radius 1 is 1.58 bits per heavy atom. The summed E-state index contributed by atoms with van der Waals surface area (Å²) in [6.45, 7) is 3.99. The van der Waals surface area contributed by atoms with Crippen LogP contribution in [-0.2, 0) is 9.47 Å². The van der Waals surface area contributed by atoms with Crippen LogP contribution in [0.5, 0.6) is 0 Å². The van der Waals surface area contributed by atoms with Crippen molar-refractivity contribution in [3.05, 3.63) is 28.7 Å². The summed E-state index contributed by atoms with van der Waals surface area (Å²) in [7, 11) is 1.89. The van der Waals surface area contributed by atoms with Gasteiger partial charge in [0.1, 0.15) is 30.6 Å². The Morgan fingerprint density at radius 2 is 2.38 bits per heavy atom. The second-order valence-electron chi connectivity index (χ2n) is 5.76. The lowest BCUT2D eigenvalue weighted by atomic mass is 10.2. The van der Waals surface area contributed by atoms with Gasteiger partial charge in [-0.15, -0.1) is 6.58 Å². The number of ether oxygens (including phenoxy) is 2. The highest BCUT2D eigenvalue weighted by molar-refractivity contribution is 14.1. The summed E-state index contributed by atoms with van der Waals surface area (Å²) in [4.78, 5) is 13.2. The van der Waals surface area contributed by atoms with Crippen molar-refractivity contribution in [2.45, 2.75) is 24.9 Å². The smallest absolute Gasteiger partial charge is 0.167 e. The Labute approximate surface area is 178 Å². The first-order chi connectivity index (χ1) is 12.5. The quantitative estimate of drug-likeness (QED) is 0.178. The molecular formula is C16H19I2N5O3. The molecule has 0 saturated carbocycles. The van der Waals surface area contributed by atoms with Crippen LogP contribution in [0, 0.1) is 3.57 Å². The van der Waals surface area contributed by atoms with E-state index in [1.807, 2.05) is 20.9 Å². The van der Waals surface area contributed by atoms with Crippen LogP contribution >= 0.6 is 45.5 Å². The molecule has 1 fully saturated rings. The Bertz CT molecular complexity index is 811. The van der Waals surface area contributed by atoms with Gasteiger partial charge in [-0.1, -0.05) is 6.08 Å². The minimum atomic E-state index is -0.373. The maximum atomic E-state index is 9.59. The van der Waals surface area contributed by atoms with Gasteiger partial charge >= 0.3 is 0 Å². The fraction of sp³-hybridized carbons (Fsp3) is 0.438. The average molecular weight is 583 g/mol. The van der Waals surface area contributed by atoms with Crippen LogP contribution in [-0.4, -0.2) is 61.6 Å². The van der Waals surface area contributed by atoms with E-state index in [0.29, 0.717) is 18.8 Å². The predicted molar refractivity (Wildman–Crippen MR) is 116 cm³/mol. The van der Waals surface area contributed by atoms with Crippen molar-refractivity contribution < 1.29 is 14.6 Å². The molecular weight excluding hydrogens is 564 g/mol. The Hall–Kier alpha value is -0.830. The monoisotopic (exact) mass is 583 g/mol. The summed E-state index contributed by atoms with van der Waals surface area (Å²) in [5.74, 6) is 0.609. The molecule has 0 spiro atoms. The molecule has 3 rings (SSSR count). The van der Waals surface area contributed by atoms with Gasteiger partial charge in [0.05, 0.1) is 47.6 Å². The molecule has 26 heavy (non-hydrogen) atoms. The van der Waals surface area contributed by atoms with Crippen molar-refractivity contribution in [2.75, 3.05) is 20.3 Å². The summed E-state index contributed by atoms with van der Waals surface area (Å²) >= 11 is 4.38. The Balaban J connectivity index is 1.94. The minimum Gasteiger partial charge on any atom is -0.394 e. The molecule has 0 radical (unpaired) electrons. The second kappa shape index (κ2) is 8.91. The number of aromatic nitrogens is 3. The van der Waals surface area contributed by atoms with E-state index in [1.165, 1.54) is 6.33 Å². The number of fused-ring (bicyclic) bond motifs is 1. The molecule has 2 aromatic rings. The molecule has 1 aliphatic rings. The van der Waals surface area contributed by atoms with E-state index < -0.39 is 0 Å². The lowest BCUT2D eigenvalue weighted by molar-refractivity contribution is -0.0560. The number of aliphatic hydroxyl groups excluding tert-OH is 1. The first-order valence-electron chi connectivity index (χ1n) is 7.97. The third-order valence-electron chi connectivity index (χ3n) is 3.98. The van der Waals surface area contributed by atoms with Gasteiger partial charge in [-0.2, -0.15) is 0 Å². The molecule has 10 heteroatoms. The van der Waals surface area contributed by atoms with E-state index in [0.717, 1.165) is 14.6 Å². The highest BCUT2D eigenvalue weighted by atomic mass is 127. The molecule has 8 nitrogen and oxygen atoms in total. The number of hydrogen-bond donors (Lipinski definition) is 1. The van der Waals surface area contributed by atoms with Crippen LogP contribution in [0.1, 0.15) is 12.6 Å². The Kier molecular flexibility index (Phi) is 6.82. The summed E-state index contributed by atoms with van der Waals surface area (Å²) in [5, 5.41) is 10.5. The summed E-state index contributed by atoms with van der Waals surface area (Å²) in [5.41, 5.74) is 0.749. The van der Waals surface area contributed by atoms with Crippen molar-refractivity contribution >= 4 is 68.6 Å². The maximum Gasteiger partial charge on any atom is 0.167 e. The first-order valence-corrected chi connectivity index (χ1v) is 10.0. The molecule has 2 aromatic heterocycles. The number of halogens is 2. The van der Waals surface area contributed by atoms with E-state index in [2.05, 4.69) is 67.0 Å². The standard InChI is InChI=1S/C16H19I2N5O3/c1-3-4-25-11-5-13(26-12(11)7-24)23-6-10(17)14-15(21-9-22(2)18)19-8-20-16(14)23/h3,6,8-9,11-13,24H,1,4-5,7H2,2H3. The first kappa shape index (κ1) is 19.9. The number of nitrogens with zero attached hydrogens (tertiary/aromatic N) is 5. The van der Waals surface area contributed by atoms with Crippen LogP contribution < -0.4 is 0 Å². The molecule has 3 unspecified atom stereocenters. The zero-order chi connectivity index (χ0) is 18.7. The molecule has 1 saturated heterocycles. The lowest BCUT2D eigenvalue weighted by Gasteiger charge is -2.15. The van der Waals surface area contributed by atoms with Gasteiger partial charge in [-0.05, 0) is 22.6 Å². The molecule has 0 bridgehead atoms. The largest absolute Gasteiger partial charge is 0.394 e. The molecule has 1 N–H and O–H groups in total. The average Bonchev–Trinajstić information content (AvgIpc) is 3.19. The fourth-order valence-electron chi connectivity index (χ4n) is 2.88. The van der Waals surface area contributed by atoms with Crippen LogP contribution in [0.2, 0.25) is 0 Å². The second-order valence-corrected chi connectivity index (χ2v) is 8.44. The topological polar surface area (TPSA) is 85.0 Å². The van der Waals surface area contributed by atoms with Gasteiger partial charge in [-0.25, -0.2) is 15.0 Å². The van der Waals surface area contributed by atoms with Crippen LogP contribution in [0.25, 0.3) is 11.0 Å². The normalized spacial score (nSPS) is 23.2. The zero-order valence-electron chi connectivity index (χ0n) is 14.1. The van der Waals surface area contributed by atoms with Gasteiger partial charge in [-0.3, -0.25) is 0 Å². The van der Waals surface area contributed by atoms with Crippen molar-refractivity contribution in [1.29, 1.82) is 0 Å². The minimum absolute atomic E-state index is 0.0961. The molecule has 1 aliphatic heterocycles. The van der Waals surface area contributed by atoms with E-state index in [9.17, 15) is 5.11 Å². The Morgan fingerprint density at radius 3 is 3.08 bits per heavy atom. The number of aliphatic hydroxyl groups is 1. The molecule has 0 amide bonds. The van der Waals surface area contributed by atoms with Crippen LogP contribution in [0.4, 0.5) is 5.82 Å². The van der Waals surface area contributed by atoms with Crippen LogP contribution in [0.15, 0.2) is 30.2 Å². The maximum absolute atomic E-state index is 9.59. The van der Waals surface area contributed by atoms with E-state index in [-0.39, 0.29) is 25.0 Å².